The minimum Gasteiger partial charge on any atom is -0.468 e. The van der Waals surface area contributed by atoms with Gasteiger partial charge in [0.05, 0.1) is 17.7 Å². The van der Waals surface area contributed by atoms with Crippen molar-refractivity contribution in [3.63, 3.8) is 0 Å². The Bertz CT molecular complexity index is 685. The highest BCUT2D eigenvalue weighted by atomic mass is 32.1. The molecule has 1 saturated heterocycles. The van der Waals surface area contributed by atoms with Gasteiger partial charge in [0, 0.05) is 43.9 Å². The Balaban J connectivity index is 1.41. The first-order valence-corrected chi connectivity index (χ1v) is 9.05. The maximum atomic E-state index is 12.3. The summed E-state index contributed by atoms with van der Waals surface area (Å²) in [6.45, 7) is 5.87. The highest BCUT2D eigenvalue weighted by Crippen LogP contribution is 2.18. The molecule has 0 saturated carbocycles. The van der Waals surface area contributed by atoms with Gasteiger partial charge in [-0.3, -0.25) is 14.5 Å². The zero-order valence-corrected chi connectivity index (χ0v) is 14.7. The fourth-order valence-electron chi connectivity index (χ4n) is 2.86. The van der Waals surface area contributed by atoms with E-state index in [1.54, 1.807) is 6.26 Å². The summed E-state index contributed by atoms with van der Waals surface area (Å²) >= 11 is 1.50. The van der Waals surface area contributed by atoms with Gasteiger partial charge in [0.15, 0.2) is 5.78 Å². The molecule has 6 heteroatoms. The van der Waals surface area contributed by atoms with E-state index in [-0.39, 0.29) is 11.7 Å². The number of aryl methyl sites for hydroxylation is 1. The number of rotatable bonds is 6. The molecule has 0 aromatic carbocycles. The van der Waals surface area contributed by atoms with Crippen molar-refractivity contribution in [3.05, 3.63) is 46.0 Å². The summed E-state index contributed by atoms with van der Waals surface area (Å²) < 4.78 is 5.36. The Labute approximate surface area is 145 Å². The molecule has 1 aliphatic rings. The van der Waals surface area contributed by atoms with Crippen LogP contribution in [-0.2, 0) is 11.3 Å². The fourth-order valence-corrected chi connectivity index (χ4v) is 3.70. The standard InChI is InChI=1S/C18H22N2O3S/c1-14-4-6-17(24-14)16(21)5-7-18(22)20-10-8-19(9-11-20)13-15-3-2-12-23-15/h2-4,6,12H,5,7-11,13H2,1H3. The number of nitrogens with zero attached hydrogens (tertiary/aromatic N) is 2. The number of hydrogen-bond donors (Lipinski definition) is 0. The lowest BCUT2D eigenvalue weighted by atomic mass is 10.1. The predicted molar refractivity (Wildman–Crippen MR) is 93.2 cm³/mol. The van der Waals surface area contributed by atoms with Crippen LogP contribution in [0.4, 0.5) is 0 Å². The van der Waals surface area contributed by atoms with Crippen LogP contribution in [0.15, 0.2) is 34.9 Å². The molecule has 0 N–H and O–H groups in total. The first-order valence-electron chi connectivity index (χ1n) is 8.24. The van der Waals surface area contributed by atoms with Gasteiger partial charge in [-0.2, -0.15) is 0 Å². The smallest absolute Gasteiger partial charge is 0.223 e. The third kappa shape index (κ3) is 4.33. The normalized spacial score (nSPS) is 15.6. The fraction of sp³-hybridized carbons (Fsp3) is 0.444. The van der Waals surface area contributed by atoms with Crippen molar-refractivity contribution < 1.29 is 14.0 Å². The van der Waals surface area contributed by atoms with Crippen LogP contribution in [0.3, 0.4) is 0 Å². The molecule has 128 valence electrons. The summed E-state index contributed by atoms with van der Waals surface area (Å²) in [5, 5.41) is 0. The SMILES string of the molecule is Cc1ccc(C(=O)CCC(=O)N2CCN(Cc3ccco3)CC2)s1. The lowest BCUT2D eigenvalue weighted by Crippen LogP contribution is -2.48. The second-order valence-electron chi connectivity index (χ2n) is 6.07. The van der Waals surface area contributed by atoms with Crippen LogP contribution in [0.5, 0.6) is 0 Å². The van der Waals surface area contributed by atoms with Gasteiger partial charge in [0.1, 0.15) is 5.76 Å². The van der Waals surface area contributed by atoms with Crippen molar-refractivity contribution in [2.24, 2.45) is 0 Å². The second kappa shape index (κ2) is 7.77. The molecule has 0 unspecified atom stereocenters. The van der Waals surface area contributed by atoms with Gasteiger partial charge in [-0.25, -0.2) is 0 Å². The van der Waals surface area contributed by atoms with Crippen LogP contribution in [0.25, 0.3) is 0 Å². The zero-order valence-electron chi connectivity index (χ0n) is 13.9. The van der Waals surface area contributed by atoms with E-state index in [1.807, 2.05) is 36.1 Å². The van der Waals surface area contributed by atoms with E-state index < -0.39 is 0 Å². The summed E-state index contributed by atoms with van der Waals surface area (Å²) in [6, 6.07) is 7.65. The van der Waals surface area contributed by atoms with E-state index in [2.05, 4.69) is 4.90 Å². The van der Waals surface area contributed by atoms with E-state index in [0.717, 1.165) is 35.1 Å². The maximum Gasteiger partial charge on any atom is 0.223 e. The highest BCUT2D eigenvalue weighted by molar-refractivity contribution is 7.14. The van der Waals surface area contributed by atoms with Crippen LogP contribution in [-0.4, -0.2) is 47.7 Å². The number of carbonyl (C=O) groups is 2. The average Bonchev–Trinajstić information content (AvgIpc) is 3.24. The van der Waals surface area contributed by atoms with E-state index in [4.69, 9.17) is 4.42 Å². The van der Waals surface area contributed by atoms with Crippen molar-refractivity contribution in [1.82, 2.24) is 9.80 Å². The zero-order chi connectivity index (χ0) is 16.9. The predicted octanol–water partition coefficient (Wildman–Crippen LogP) is 2.96. The Kier molecular flexibility index (Phi) is 5.48. The van der Waals surface area contributed by atoms with E-state index in [0.29, 0.717) is 25.9 Å². The van der Waals surface area contributed by atoms with Crippen molar-refractivity contribution in [2.75, 3.05) is 26.2 Å². The monoisotopic (exact) mass is 346 g/mol. The summed E-state index contributed by atoms with van der Waals surface area (Å²) in [4.78, 5) is 30.4. The van der Waals surface area contributed by atoms with Crippen molar-refractivity contribution in [2.45, 2.75) is 26.3 Å². The van der Waals surface area contributed by atoms with E-state index in [1.165, 1.54) is 11.3 Å². The quantitative estimate of drug-likeness (QED) is 0.755. The molecule has 0 bridgehead atoms. The molecule has 1 amide bonds. The van der Waals surface area contributed by atoms with Gasteiger partial charge in [0.2, 0.25) is 5.91 Å². The summed E-state index contributed by atoms with van der Waals surface area (Å²) in [5.74, 6) is 1.10. The van der Waals surface area contributed by atoms with Crippen LogP contribution >= 0.6 is 11.3 Å². The molecule has 1 fully saturated rings. The molecule has 5 nitrogen and oxygen atoms in total. The molecular weight excluding hydrogens is 324 g/mol. The molecule has 24 heavy (non-hydrogen) atoms. The summed E-state index contributed by atoms with van der Waals surface area (Å²) in [6.07, 6.45) is 2.28. The number of piperazine rings is 1. The summed E-state index contributed by atoms with van der Waals surface area (Å²) in [5.41, 5.74) is 0. The van der Waals surface area contributed by atoms with Gasteiger partial charge < -0.3 is 9.32 Å². The van der Waals surface area contributed by atoms with E-state index >= 15 is 0 Å². The molecule has 2 aromatic rings. The number of hydrogen-bond acceptors (Lipinski definition) is 5. The number of thiophene rings is 1. The Morgan fingerprint density at radius 3 is 2.54 bits per heavy atom. The highest BCUT2D eigenvalue weighted by Gasteiger charge is 2.22. The molecule has 1 aliphatic heterocycles. The van der Waals surface area contributed by atoms with Gasteiger partial charge in [-0.1, -0.05) is 0 Å². The molecule has 3 rings (SSSR count). The molecule has 2 aromatic heterocycles. The van der Waals surface area contributed by atoms with Gasteiger partial charge >= 0.3 is 0 Å². The second-order valence-corrected chi connectivity index (χ2v) is 7.36. The maximum absolute atomic E-state index is 12.3. The Morgan fingerprint density at radius 1 is 1.12 bits per heavy atom. The minimum atomic E-state index is 0.0675. The molecule has 0 atom stereocenters. The molecule has 0 spiro atoms. The van der Waals surface area contributed by atoms with E-state index in [9.17, 15) is 9.59 Å². The number of Topliss-reactive ketones (excluding diaryl/α,β-unsaturated/α-hetero) is 1. The summed E-state index contributed by atoms with van der Waals surface area (Å²) in [7, 11) is 0. The van der Waals surface area contributed by atoms with Gasteiger partial charge in [-0.15, -0.1) is 11.3 Å². The first-order chi connectivity index (χ1) is 11.6. The number of amides is 1. The molecule has 3 heterocycles. The van der Waals surface area contributed by atoms with Gasteiger partial charge in [0.25, 0.3) is 0 Å². The Hall–Kier alpha value is -1.92. The largest absolute Gasteiger partial charge is 0.468 e. The topological polar surface area (TPSA) is 53.8 Å². The van der Waals surface area contributed by atoms with Crippen LogP contribution in [0, 0.1) is 6.92 Å². The first kappa shape index (κ1) is 16.9. The number of furan rings is 1. The van der Waals surface area contributed by atoms with Crippen molar-refractivity contribution in [1.29, 1.82) is 0 Å². The third-order valence-corrected chi connectivity index (χ3v) is 5.31. The number of carbonyl (C=O) groups excluding carboxylic acids is 2. The van der Waals surface area contributed by atoms with Crippen LogP contribution < -0.4 is 0 Å². The number of ketones is 1. The molecule has 0 aliphatic carbocycles. The van der Waals surface area contributed by atoms with Crippen LogP contribution in [0.1, 0.15) is 33.2 Å². The average molecular weight is 346 g/mol. The van der Waals surface area contributed by atoms with Crippen LogP contribution in [0.2, 0.25) is 0 Å². The lowest BCUT2D eigenvalue weighted by Gasteiger charge is -2.34. The third-order valence-electron chi connectivity index (χ3n) is 4.27. The Morgan fingerprint density at radius 2 is 1.92 bits per heavy atom. The molecular formula is C18H22N2O3S. The minimum absolute atomic E-state index is 0.0675. The van der Waals surface area contributed by atoms with Crippen molar-refractivity contribution in [3.8, 4) is 0 Å². The van der Waals surface area contributed by atoms with Crippen molar-refractivity contribution >= 4 is 23.0 Å². The lowest BCUT2D eigenvalue weighted by molar-refractivity contribution is -0.133. The molecule has 0 radical (unpaired) electrons. The van der Waals surface area contributed by atoms with Gasteiger partial charge in [-0.05, 0) is 31.2 Å².